The molecule has 10 heteroatoms. The van der Waals surface area contributed by atoms with E-state index in [4.69, 9.17) is 14.2 Å². The third kappa shape index (κ3) is 4.65. The summed E-state index contributed by atoms with van der Waals surface area (Å²) in [7, 11) is 1.32. The second-order valence-electron chi connectivity index (χ2n) is 8.24. The number of esters is 1. The predicted molar refractivity (Wildman–Crippen MR) is 131 cm³/mol. The molecule has 2 aromatic carbocycles. The summed E-state index contributed by atoms with van der Waals surface area (Å²) in [4.78, 5) is 45.8. The van der Waals surface area contributed by atoms with Crippen molar-refractivity contribution in [2.75, 3.05) is 50.3 Å². The number of hydrogen-bond acceptors (Lipinski definition) is 8. The van der Waals surface area contributed by atoms with Gasteiger partial charge in [-0.15, -0.1) is 0 Å². The van der Waals surface area contributed by atoms with Gasteiger partial charge in [-0.2, -0.15) is 0 Å². The number of anilines is 2. The average Bonchev–Trinajstić information content (AvgIpc) is 3.41. The monoisotopic (exact) mass is 488 g/mol. The van der Waals surface area contributed by atoms with E-state index in [2.05, 4.69) is 10.3 Å². The number of carbonyl (C=O) groups excluding carboxylic acids is 3. The van der Waals surface area contributed by atoms with Gasteiger partial charge in [-0.25, -0.2) is 9.78 Å². The van der Waals surface area contributed by atoms with Crippen LogP contribution >= 0.6 is 0 Å². The number of aromatic nitrogens is 1. The summed E-state index contributed by atoms with van der Waals surface area (Å²) in [6.45, 7) is 2.22. The van der Waals surface area contributed by atoms with Gasteiger partial charge in [-0.1, -0.05) is 0 Å². The van der Waals surface area contributed by atoms with Gasteiger partial charge in [0, 0.05) is 43.5 Å². The molecule has 1 fully saturated rings. The SMILES string of the molecule is COC(=O)c1ccc(C(=O)N2CCN(c3ncccc3NC(=O)c3ccc4c(c3)OCO4)CC2)cc1. The predicted octanol–water partition coefficient (Wildman–Crippen LogP) is 2.81. The Morgan fingerprint density at radius 3 is 2.33 bits per heavy atom. The number of piperazine rings is 1. The number of benzene rings is 2. The summed E-state index contributed by atoms with van der Waals surface area (Å²) >= 11 is 0. The molecule has 36 heavy (non-hydrogen) atoms. The second-order valence-corrected chi connectivity index (χ2v) is 8.24. The maximum atomic E-state index is 12.9. The number of hydrogen-bond donors (Lipinski definition) is 1. The van der Waals surface area contributed by atoms with Gasteiger partial charge in [-0.3, -0.25) is 9.59 Å². The number of rotatable bonds is 5. The number of nitrogens with one attached hydrogen (secondary N) is 1. The molecule has 3 heterocycles. The Bertz CT molecular complexity index is 1300. The van der Waals surface area contributed by atoms with Crippen molar-refractivity contribution in [1.82, 2.24) is 9.88 Å². The van der Waals surface area contributed by atoms with Crippen molar-refractivity contribution in [3.8, 4) is 11.5 Å². The molecule has 0 aliphatic carbocycles. The number of methoxy groups -OCH3 is 1. The van der Waals surface area contributed by atoms with Crippen LogP contribution in [0.2, 0.25) is 0 Å². The first-order valence-corrected chi connectivity index (χ1v) is 11.4. The van der Waals surface area contributed by atoms with Gasteiger partial charge in [0.2, 0.25) is 6.79 Å². The van der Waals surface area contributed by atoms with E-state index in [1.165, 1.54) is 7.11 Å². The van der Waals surface area contributed by atoms with E-state index in [1.54, 1.807) is 65.7 Å². The molecule has 1 N–H and O–H groups in total. The van der Waals surface area contributed by atoms with Gasteiger partial charge in [0.15, 0.2) is 17.3 Å². The fourth-order valence-corrected chi connectivity index (χ4v) is 4.15. The van der Waals surface area contributed by atoms with Crippen LogP contribution in [0.1, 0.15) is 31.1 Å². The lowest BCUT2D eigenvalue weighted by molar-refractivity contribution is 0.0599. The van der Waals surface area contributed by atoms with Crippen molar-refractivity contribution in [3.05, 3.63) is 77.5 Å². The van der Waals surface area contributed by atoms with Crippen molar-refractivity contribution in [3.63, 3.8) is 0 Å². The number of amides is 2. The van der Waals surface area contributed by atoms with E-state index in [0.717, 1.165) is 0 Å². The van der Waals surface area contributed by atoms with Crippen LogP contribution in [0.15, 0.2) is 60.8 Å². The summed E-state index contributed by atoms with van der Waals surface area (Å²) in [6.07, 6.45) is 1.67. The van der Waals surface area contributed by atoms with Crippen LogP contribution in [0.4, 0.5) is 11.5 Å². The molecule has 2 amide bonds. The Morgan fingerprint density at radius 1 is 0.889 bits per heavy atom. The second kappa shape index (κ2) is 9.95. The van der Waals surface area contributed by atoms with Crippen LogP contribution < -0.4 is 19.7 Å². The van der Waals surface area contributed by atoms with Crippen LogP contribution in [-0.4, -0.2) is 67.7 Å². The van der Waals surface area contributed by atoms with Gasteiger partial charge in [0.05, 0.1) is 18.4 Å². The molecule has 3 aromatic rings. The molecule has 10 nitrogen and oxygen atoms in total. The van der Waals surface area contributed by atoms with Crippen LogP contribution in [0.25, 0.3) is 0 Å². The fourth-order valence-electron chi connectivity index (χ4n) is 4.15. The minimum absolute atomic E-state index is 0.108. The Kier molecular flexibility index (Phi) is 6.40. The maximum absolute atomic E-state index is 12.9. The quantitative estimate of drug-likeness (QED) is 0.546. The van der Waals surface area contributed by atoms with Gasteiger partial charge < -0.3 is 29.3 Å². The van der Waals surface area contributed by atoms with Crippen molar-refractivity contribution in [1.29, 1.82) is 0 Å². The molecule has 2 aliphatic rings. The summed E-state index contributed by atoms with van der Waals surface area (Å²) in [6, 6.07) is 15.0. The topological polar surface area (TPSA) is 110 Å². The normalized spacial score (nSPS) is 14.4. The molecule has 5 rings (SSSR count). The van der Waals surface area contributed by atoms with Crippen molar-refractivity contribution >= 4 is 29.3 Å². The van der Waals surface area contributed by atoms with E-state index in [0.29, 0.717) is 65.9 Å². The Hall–Kier alpha value is -4.60. The fraction of sp³-hybridized carbons (Fsp3) is 0.231. The molecule has 0 radical (unpaired) electrons. The van der Waals surface area contributed by atoms with Gasteiger partial charge in [0.1, 0.15) is 0 Å². The lowest BCUT2D eigenvalue weighted by atomic mass is 10.1. The van der Waals surface area contributed by atoms with Crippen LogP contribution in [0.3, 0.4) is 0 Å². The zero-order valence-corrected chi connectivity index (χ0v) is 19.6. The molecule has 1 saturated heterocycles. The molecule has 0 spiro atoms. The Balaban J connectivity index is 1.23. The molecule has 0 bridgehead atoms. The summed E-state index contributed by atoms with van der Waals surface area (Å²) in [5.74, 6) is 0.950. The zero-order valence-electron chi connectivity index (χ0n) is 19.6. The summed E-state index contributed by atoms with van der Waals surface area (Å²) in [5.41, 5.74) is 1.93. The smallest absolute Gasteiger partial charge is 0.337 e. The van der Waals surface area contributed by atoms with Crippen molar-refractivity contribution in [2.45, 2.75) is 0 Å². The van der Waals surface area contributed by atoms with Crippen LogP contribution in [0.5, 0.6) is 11.5 Å². The maximum Gasteiger partial charge on any atom is 0.337 e. The standard InChI is InChI=1S/C26H24N4O6/c1-34-26(33)18-6-4-17(5-7-18)25(32)30-13-11-29(12-14-30)23-20(3-2-10-27-23)28-24(31)19-8-9-21-22(15-19)36-16-35-21/h2-10,15H,11-14,16H2,1H3,(H,28,31). The van der Waals surface area contributed by atoms with E-state index in [-0.39, 0.29) is 18.6 Å². The third-order valence-corrected chi connectivity index (χ3v) is 6.09. The van der Waals surface area contributed by atoms with E-state index in [1.807, 2.05) is 4.90 Å². The lowest BCUT2D eigenvalue weighted by Gasteiger charge is -2.36. The highest BCUT2D eigenvalue weighted by atomic mass is 16.7. The minimum Gasteiger partial charge on any atom is -0.465 e. The van der Waals surface area contributed by atoms with Gasteiger partial charge in [-0.05, 0) is 54.6 Å². The molecule has 0 saturated carbocycles. The first kappa shape index (κ1) is 23.2. The highest BCUT2D eigenvalue weighted by Crippen LogP contribution is 2.33. The third-order valence-electron chi connectivity index (χ3n) is 6.09. The van der Waals surface area contributed by atoms with Crippen molar-refractivity contribution < 1.29 is 28.6 Å². The van der Waals surface area contributed by atoms with Crippen LogP contribution in [0, 0.1) is 0 Å². The minimum atomic E-state index is -0.445. The number of ether oxygens (including phenoxy) is 3. The molecule has 0 atom stereocenters. The van der Waals surface area contributed by atoms with Gasteiger partial charge in [0.25, 0.3) is 11.8 Å². The van der Waals surface area contributed by atoms with E-state index in [9.17, 15) is 14.4 Å². The van der Waals surface area contributed by atoms with E-state index < -0.39 is 5.97 Å². The molecular weight excluding hydrogens is 464 g/mol. The zero-order chi connectivity index (χ0) is 25.1. The average molecular weight is 489 g/mol. The highest BCUT2D eigenvalue weighted by molar-refractivity contribution is 6.06. The molecule has 0 unspecified atom stereocenters. The Morgan fingerprint density at radius 2 is 1.58 bits per heavy atom. The largest absolute Gasteiger partial charge is 0.465 e. The lowest BCUT2D eigenvalue weighted by Crippen LogP contribution is -2.49. The molecule has 184 valence electrons. The molecule has 2 aliphatic heterocycles. The number of pyridine rings is 1. The number of nitrogens with zero attached hydrogens (tertiary/aromatic N) is 3. The number of fused-ring (bicyclic) bond motifs is 1. The first-order valence-electron chi connectivity index (χ1n) is 11.4. The molecule has 1 aromatic heterocycles. The molecular formula is C26H24N4O6. The van der Waals surface area contributed by atoms with Crippen molar-refractivity contribution in [2.24, 2.45) is 0 Å². The van der Waals surface area contributed by atoms with Gasteiger partial charge >= 0.3 is 5.97 Å². The highest BCUT2D eigenvalue weighted by Gasteiger charge is 2.25. The first-order chi connectivity index (χ1) is 17.5. The number of carbonyl (C=O) groups is 3. The van der Waals surface area contributed by atoms with E-state index >= 15 is 0 Å². The Labute approximate surface area is 207 Å². The van der Waals surface area contributed by atoms with Crippen LogP contribution in [-0.2, 0) is 4.74 Å². The summed E-state index contributed by atoms with van der Waals surface area (Å²) in [5, 5.41) is 2.94. The summed E-state index contributed by atoms with van der Waals surface area (Å²) < 4.78 is 15.4.